The van der Waals surface area contributed by atoms with Gasteiger partial charge in [0.2, 0.25) is 0 Å². The number of hydrogen-bond acceptors (Lipinski definition) is 2. The number of rotatable bonds is 4. The van der Waals surface area contributed by atoms with Crippen LogP contribution in [0.25, 0.3) is 5.57 Å². The van der Waals surface area contributed by atoms with Crippen molar-refractivity contribution in [3.05, 3.63) is 53.6 Å². The molecule has 5 aliphatic carbocycles. The maximum atomic E-state index is 11.9. The van der Waals surface area contributed by atoms with E-state index in [0.29, 0.717) is 46.5 Å². The van der Waals surface area contributed by atoms with Gasteiger partial charge in [-0.3, -0.25) is 4.79 Å². The molecule has 0 aromatic heterocycles. The Morgan fingerprint density at radius 1 is 0.875 bits per heavy atom. The Hall–Kier alpha value is -1.67. The number of hydrogen-bond donors (Lipinski definition) is 1. The molecule has 2 nitrogen and oxygen atoms in total. The van der Waals surface area contributed by atoms with Crippen LogP contribution in [0.1, 0.15) is 122 Å². The predicted molar refractivity (Wildman–Crippen MR) is 166 cm³/mol. The number of aliphatic hydroxyl groups excluding tert-OH is 1. The van der Waals surface area contributed by atoms with Gasteiger partial charge in [-0.2, -0.15) is 0 Å². The first kappa shape index (κ1) is 28.4. The van der Waals surface area contributed by atoms with E-state index in [1.54, 1.807) is 6.92 Å². The zero-order valence-electron chi connectivity index (χ0n) is 26.4. The van der Waals surface area contributed by atoms with Gasteiger partial charge in [0.05, 0.1) is 0 Å². The van der Waals surface area contributed by atoms with E-state index in [4.69, 9.17) is 0 Å². The molecule has 4 saturated carbocycles. The van der Waals surface area contributed by atoms with Gasteiger partial charge in [-0.25, -0.2) is 0 Å². The molecule has 1 unspecified atom stereocenters. The van der Waals surface area contributed by atoms with Crippen LogP contribution in [0.2, 0.25) is 0 Å². The molecule has 0 spiro atoms. The van der Waals surface area contributed by atoms with Crippen LogP contribution in [0.5, 0.6) is 0 Å². The molecule has 0 radical (unpaired) electrons. The zero-order valence-corrected chi connectivity index (χ0v) is 26.4. The van der Waals surface area contributed by atoms with Crippen molar-refractivity contribution in [1.29, 1.82) is 0 Å². The summed E-state index contributed by atoms with van der Waals surface area (Å²) < 4.78 is 0. The standard InChI is InChI=1S/C38H54O2/c1-24(2)28-15-20-38(23-39)22-21-36(7)30(33(28)38)13-14-32-35(6)18-16-29(27-11-9-26(10-12-27)25(3)40)34(4,5)31(35)17-19-37(32,36)8/h9-12,16,28,30-33,39H,1,13-15,17-23H2,2-8H3/t28-,30?,31-,32+,33+,35-,36+,37+,38+/m0/s1. The van der Waals surface area contributed by atoms with Gasteiger partial charge in [0.25, 0.3) is 0 Å². The summed E-state index contributed by atoms with van der Waals surface area (Å²) in [6.45, 7) is 21.8. The second-order valence-corrected chi connectivity index (χ2v) is 16.4. The molecule has 1 aromatic rings. The maximum Gasteiger partial charge on any atom is 0.159 e. The van der Waals surface area contributed by atoms with E-state index >= 15 is 0 Å². The van der Waals surface area contributed by atoms with E-state index in [1.807, 2.05) is 12.1 Å². The van der Waals surface area contributed by atoms with Crippen molar-refractivity contribution in [2.75, 3.05) is 6.61 Å². The first-order chi connectivity index (χ1) is 18.7. The summed E-state index contributed by atoms with van der Waals surface area (Å²) in [6, 6.07) is 8.39. The van der Waals surface area contributed by atoms with E-state index in [-0.39, 0.29) is 16.6 Å². The SMILES string of the molecule is C=C(C)[C@@H]1CC[C@]2(CO)CC[C@]3(C)C(CC[C@@H]4[C@@]5(C)CC=C(c6ccc(C(C)=O)cc6)C(C)(C)[C@@H]5CC[C@]43C)[C@@H]12. The minimum absolute atomic E-state index is 0.0962. The molecule has 1 N–H and O–H groups in total. The minimum Gasteiger partial charge on any atom is -0.396 e. The molecule has 2 heteroatoms. The molecule has 0 amide bonds. The fraction of sp³-hybridized carbons (Fsp3) is 0.711. The smallest absolute Gasteiger partial charge is 0.159 e. The van der Waals surface area contributed by atoms with Gasteiger partial charge in [-0.1, -0.05) is 77.1 Å². The van der Waals surface area contributed by atoms with E-state index in [2.05, 4.69) is 66.3 Å². The number of Topliss-reactive ketones (excluding diaryl/α,β-unsaturated/α-hetero) is 1. The summed E-state index contributed by atoms with van der Waals surface area (Å²) in [7, 11) is 0. The molecule has 0 heterocycles. The van der Waals surface area contributed by atoms with Crippen LogP contribution in [0.3, 0.4) is 0 Å². The third-order valence-electron chi connectivity index (χ3n) is 14.7. The summed E-state index contributed by atoms with van der Waals surface area (Å²) in [5.74, 6) is 3.39. The van der Waals surface area contributed by atoms with Gasteiger partial charge in [0.15, 0.2) is 5.78 Å². The monoisotopic (exact) mass is 542 g/mol. The highest BCUT2D eigenvalue weighted by atomic mass is 16.3. The van der Waals surface area contributed by atoms with Crippen LogP contribution in [0.4, 0.5) is 0 Å². The Morgan fingerprint density at radius 3 is 2.20 bits per heavy atom. The summed E-state index contributed by atoms with van der Waals surface area (Å²) in [5.41, 5.74) is 6.10. The predicted octanol–water partition coefficient (Wildman–Crippen LogP) is 9.53. The molecular weight excluding hydrogens is 488 g/mol. The van der Waals surface area contributed by atoms with Crippen LogP contribution >= 0.6 is 0 Å². The van der Waals surface area contributed by atoms with Crippen molar-refractivity contribution >= 4 is 11.4 Å². The molecule has 4 fully saturated rings. The molecule has 0 bridgehead atoms. The fourth-order valence-corrected chi connectivity index (χ4v) is 12.5. The lowest BCUT2D eigenvalue weighted by Crippen LogP contribution is -2.65. The molecule has 5 aliphatic rings. The molecule has 0 aliphatic heterocycles. The van der Waals surface area contributed by atoms with Crippen LogP contribution in [-0.2, 0) is 0 Å². The Balaban J connectivity index is 1.36. The number of carbonyl (C=O) groups excluding carboxylic acids is 1. The fourth-order valence-electron chi connectivity index (χ4n) is 12.5. The summed E-state index contributed by atoms with van der Waals surface area (Å²) in [6.07, 6.45) is 13.9. The summed E-state index contributed by atoms with van der Waals surface area (Å²) in [4.78, 5) is 11.9. The van der Waals surface area contributed by atoms with E-state index in [1.165, 1.54) is 68.1 Å². The normalized spacial score (nSPS) is 45.4. The lowest BCUT2D eigenvalue weighted by molar-refractivity contribution is -0.228. The van der Waals surface area contributed by atoms with Crippen molar-refractivity contribution in [1.82, 2.24) is 0 Å². The van der Waals surface area contributed by atoms with Crippen molar-refractivity contribution in [3.63, 3.8) is 0 Å². The van der Waals surface area contributed by atoms with Crippen LogP contribution < -0.4 is 0 Å². The maximum absolute atomic E-state index is 11.9. The minimum atomic E-state index is 0.0962. The first-order valence-electron chi connectivity index (χ1n) is 16.3. The van der Waals surface area contributed by atoms with E-state index < -0.39 is 0 Å². The number of aliphatic hydroxyl groups is 1. The highest BCUT2D eigenvalue weighted by molar-refractivity contribution is 5.94. The highest BCUT2D eigenvalue weighted by Crippen LogP contribution is 2.77. The number of allylic oxidation sites excluding steroid dienone is 3. The third kappa shape index (κ3) is 3.59. The molecule has 9 atom stereocenters. The quantitative estimate of drug-likeness (QED) is 0.304. The lowest BCUT2D eigenvalue weighted by Gasteiger charge is -2.72. The number of benzene rings is 1. The Morgan fingerprint density at radius 2 is 1.57 bits per heavy atom. The Bertz CT molecular complexity index is 1240. The van der Waals surface area contributed by atoms with Crippen molar-refractivity contribution in [3.8, 4) is 0 Å². The number of carbonyl (C=O) groups is 1. The van der Waals surface area contributed by atoms with Crippen molar-refractivity contribution in [2.45, 2.75) is 106 Å². The molecule has 1 aromatic carbocycles. The lowest BCUT2D eigenvalue weighted by atomic mass is 9.32. The van der Waals surface area contributed by atoms with Gasteiger partial charge >= 0.3 is 0 Å². The second-order valence-electron chi connectivity index (χ2n) is 16.4. The van der Waals surface area contributed by atoms with Gasteiger partial charge < -0.3 is 5.11 Å². The third-order valence-corrected chi connectivity index (χ3v) is 14.7. The van der Waals surface area contributed by atoms with Crippen LogP contribution in [0.15, 0.2) is 42.5 Å². The average Bonchev–Trinajstić information content (AvgIpc) is 3.29. The summed E-state index contributed by atoms with van der Waals surface area (Å²) in [5, 5.41) is 10.8. The molecule has 40 heavy (non-hydrogen) atoms. The van der Waals surface area contributed by atoms with E-state index in [0.717, 1.165) is 17.9 Å². The van der Waals surface area contributed by atoms with E-state index in [9.17, 15) is 9.90 Å². The largest absolute Gasteiger partial charge is 0.396 e. The number of fused-ring (bicyclic) bond motifs is 7. The number of ketones is 1. The summed E-state index contributed by atoms with van der Waals surface area (Å²) >= 11 is 0. The zero-order chi connectivity index (χ0) is 28.9. The van der Waals surface area contributed by atoms with Gasteiger partial charge in [-0.15, -0.1) is 0 Å². The van der Waals surface area contributed by atoms with Gasteiger partial charge in [-0.05, 0) is 139 Å². The molecule has 218 valence electrons. The highest BCUT2D eigenvalue weighted by Gasteiger charge is 2.70. The topological polar surface area (TPSA) is 37.3 Å². The first-order valence-corrected chi connectivity index (χ1v) is 16.3. The molecule has 6 rings (SSSR count). The van der Waals surface area contributed by atoms with Crippen LogP contribution in [-0.4, -0.2) is 17.5 Å². The Labute approximate surface area is 244 Å². The molecular formula is C38H54O2. The Kier molecular flexibility index (Phi) is 6.52. The molecule has 0 saturated heterocycles. The van der Waals surface area contributed by atoms with Gasteiger partial charge in [0.1, 0.15) is 0 Å². The van der Waals surface area contributed by atoms with Crippen LogP contribution in [0, 0.1) is 56.7 Å². The van der Waals surface area contributed by atoms with Gasteiger partial charge in [0, 0.05) is 12.2 Å². The average molecular weight is 543 g/mol. The van der Waals surface area contributed by atoms with Crippen molar-refractivity contribution < 1.29 is 9.90 Å². The van der Waals surface area contributed by atoms with Crippen molar-refractivity contribution in [2.24, 2.45) is 56.7 Å². The second kappa shape index (κ2) is 9.16.